The third-order valence-electron chi connectivity index (χ3n) is 2.24. The van der Waals surface area contributed by atoms with Crippen molar-refractivity contribution < 1.29 is 4.79 Å². The second-order valence-electron chi connectivity index (χ2n) is 3.42. The molecule has 0 aliphatic rings. The average molecular weight is 192 g/mol. The van der Waals surface area contributed by atoms with Crippen molar-refractivity contribution in [2.75, 3.05) is 0 Å². The van der Waals surface area contributed by atoms with Gasteiger partial charge in [-0.15, -0.1) is 0 Å². The first-order valence-electron chi connectivity index (χ1n) is 4.87. The highest BCUT2D eigenvalue weighted by Crippen LogP contribution is 2.04. The van der Waals surface area contributed by atoms with Gasteiger partial charge in [0.15, 0.2) is 0 Å². The van der Waals surface area contributed by atoms with Crippen molar-refractivity contribution in [3.8, 4) is 0 Å². The van der Waals surface area contributed by atoms with Gasteiger partial charge in [0.1, 0.15) is 0 Å². The molecule has 1 atom stereocenters. The Hall–Kier alpha value is -1.38. The molecule has 1 rings (SSSR count). The molecule has 0 aliphatic heterocycles. The molecular weight excluding hydrogens is 176 g/mol. The van der Waals surface area contributed by atoms with Crippen LogP contribution in [0.3, 0.4) is 0 Å². The molecule has 1 unspecified atom stereocenters. The minimum Gasteiger partial charge on any atom is -0.350 e. The highest BCUT2D eigenvalue weighted by atomic mass is 16.1. The monoisotopic (exact) mass is 192 g/mol. The van der Waals surface area contributed by atoms with Crippen molar-refractivity contribution >= 4 is 5.91 Å². The number of aromatic nitrogens is 1. The molecule has 1 N–H and O–H groups in total. The molecule has 0 radical (unpaired) electrons. The first-order valence-corrected chi connectivity index (χ1v) is 4.87. The molecule has 0 aliphatic carbocycles. The summed E-state index contributed by atoms with van der Waals surface area (Å²) >= 11 is 0. The third-order valence-corrected chi connectivity index (χ3v) is 2.24. The second-order valence-corrected chi connectivity index (χ2v) is 3.42. The topological polar surface area (TPSA) is 42.0 Å². The van der Waals surface area contributed by atoms with Crippen LogP contribution in [0.15, 0.2) is 18.3 Å². The van der Waals surface area contributed by atoms with Gasteiger partial charge in [-0.05, 0) is 32.4 Å². The van der Waals surface area contributed by atoms with Crippen molar-refractivity contribution in [2.24, 2.45) is 0 Å². The fraction of sp³-hybridized carbons (Fsp3) is 0.455. The number of hydrogen-bond donors (Lipinski definition) is 1. The highest BCUT2D eigenvalue weighted by molar-refractivity contribution is 5.95. The number of nitrogens with zero attached hydrogens (tertiary/aromatic N) is 1. The fourth-order valence-electron chi connectivity index (χ4n) is 1.13. The molecule has 14 heavy (non-hydrogen) atoms. The van der Waals surface area contributed by atoms with Crippen molar-refractivity contribution in [1.82, 2.24) is 10.3 Å². The largest absolute Gasteiger partial charge is 0.350 e. The van der Waals surface area contributed by atoms with Crippen LogP contribution in [-0.4, -0.2) is 16.9 Å². The smallest absolute Gasteiger partial charge is 0.253 e. The van der Waals surface area contributed by atoms with Gasteiger partial charge in [-0.25, -0.2) is 0 Å². The minimum absolute atomic E-state index is 0.0371. The lowest BCUT2D eigenvalue weighted by Crippen LogP contribution is -2.32. The molecule has 1 heterocycles. The molecule has 1 amide bonds. The Bertz CT molecular complexity index is 323. The number of rotatable bonds is 3. The molecule has 3 heteroatoms. The van der Waals surface area contributed by atoms with Crippen LogP contribution in [0.1, 0.15) is 36.3 Å². The van der Waals surface area contributed by atoms with E-state index in [9.17, 15) is 4.79 Å². The Morgan fingerprint density at radius 3 is 2.93 bits per heavy atom. The van der Waals surface area contributed by atoms with Crippen molar-refractivity contribution in [3.05, 3.63) is 29.6 Å². The predicted molar refractivity (Wildman–Crippen MR) is 56.2 cm³/mol. The van der Waals surface area contributed by atoms with E-state index in [4.69, 9.17) is 0 Å². The zero-order valence-corrected chi connectivity index (χ0v) is 8.87. The molecule has 0 fully saturated rings. The third kappa shape index (κ3) is 2.55. The van der Waals surface area contributed by atoms with Crippen LogP contribution in [0, 0.1) is 6.92 Å². The van der Waals surface area contributed by atoms with Crippen LogP contribution in [0.4, 0.5) is 0 Å². The summed E-state index contributed by atoms with van der Waals surface area (Å²) in [5.41, 5.74) is 1.43. The molecule has 0 saturated carbocycles. The standard InChI is InChI=1S/C11H16N2O/c1-4-8(2)13-11(14)10-6-5-7-12-9(10)3/h5-8H,4H2,1-3H3,(H,13,14). The number of carbonyl (C=O) groups excluding carboxylic acids is 1. The summed E-state index contributed by atoms with van der Waals surface area (Å²) in [7, 11) is 0. The maximum atomic E-state index is 11.7. The Labute approximate surface area is 84.6 Å². The second kappa shape index (κ2) is 4.74. The molecule has 0 spiro atoms. The van der Waals surface area contributed by atoms with Crippen LogP contribution >= 0.6 is 0 Å². The van der Waals surface area contributed by atoms with Crippen LogP contribution in [0.2, 0.25) is 0 Å². The maximum absolute atomic E-state index is 11.7. The van der Waals surface area contributed by atoms with E-state index in [1.165, 1.54) is 0 Å². The van der Waals surface area contributed by atoms with E-state index < -0.39 is 0 Å². The van der Waals surface area contributed by atoms with Gasteiger partial charge in [-0.3, -0.25) is 9.78 Å². The van der Waals surface area contributed by atoms with E-state index in [1.807, 2.05) is 20.8 Å². The molecule has 1 aromatic heterocycles. The van der Waals surface area contributed by atoms with Gasteiger partial charge in [0.2, 0.25) is 0 Å². The summed E-state index contributed by atoms with van der Waals surface area (Å²) in [6, 6.07) is 3.78. The fourth-order valence-corrected chi connectivity index (χ4v) is 1.13. The summed E-state index contributed by atoms with van der Waals surface area (Å²) in [6.45, 7) is 5.87. The number of amides is 1. The van der Waals surface area contributed by atoms with Gasteiger partial charge < -0.3 is 5.32 Å². The van der Waals surface area contributed by atoms with Gasteiger partial charge in [0.05, 0.1) is 5.56 Å². The number of nitrogens with one attached hydrogen (secondary N) is 1. The predicted octanol–water partition coefficient (Wildman–Crippen LogP) is 1.92. The molecule has 0 saturated heterocycles. The van der Waals surface area contributed by atoms with E-state index in [2.05, 4.69) is 10.3 Å². The average Bonchev–Trinajstić information content (AvgIpc) is 2.18. The highest BCUT2D eigenvalue weighted by Gasteiger charge is 2.10. The van der Waals surface area contributed by atoms with Crippen molar-refractivity contribution in [1.29, 1.82) is 0 Å². The van der Waals surface area contributed by atoms with E-state index in [-0.39, 0.29) is 11.9 Å². The van der Waals surface area contributed by atoms with Crippen LogP contribution in [0.25, 0.3) is 0 Å². The molecule has 0 aromatic carbocycles. The van der Waals surface area contributed by atoms with Gasteiger partial charge in [-0.1, -0.05) is 6.92 Å². The van der Waals surface area contributed by atoms with Gasteiger partial charge in [-0.2, -0.15) is 0 Å². The molecule has 3 nitrogen and oxygen atoms in total. The van der Waals surface area contributed by atoms with Crippen LogP contribution < -0.4 is 5.32 Å². The summed E-state index contributed by atoms with van der Waals surface area (Å²) < 4.78 is 0. The first-order chi connectivity index (χ1) is 6.65. The van der Waals surface area contributed by atoms with Crippen molar-refractivity contribution in [2.45, 2.75) is 33.2 Å². The van der Waals surface area contributed by atoms with Crippen molar-refractivity contribution in [3.63, 3.8) is 0 Å². The van der Waals surface area contributed by atoms with Crippen LogP contribution in [0.5, 0.6) is 0 Å². The first kappa shape index (κ1) is 10.7. The van der Waals surface area contributed by atoms with E-state index in [0.29, 0.717) is 5.56 Å². The lowest BCUT2D eigenvalue weighted by molar-refractivity contribution is 0.0938. The van der Waals surface area contributed by atoms with E-state index in [0.717, 1.165) is 12.1 Å². The lowest BCUT2D eigenvalue weighted by atomic mass is 10.1. The summed E-state index contributed by atoms with van der Waals surface area (Å²) in [6.07, 6.45) is 2.63. The Balaban J connectivity index is 2.75. The van der Waals surface area contributed by atoms with Crippen LogP contribution in [-0.2, 0) is 0 Å². The quantitative estimate of drug-likeness (QED) is 0.795. The van der Waals surface area contributed by atoms with Gasteiger partial charge >= 0.3 is 0 Å². The summed E-state index contributed by atoms with van der Waals surface area (Å²) in [5.74, 6) is -0.0371. The zero-order valence-electron chi connectivity index (χ0n) is 8.87. The Morgan fingerprint density at radius 2 is 2.36 bits per heavy atom. The van der Waals surface area contributed by atoms with Gasteiger partial charge in [0.25, 0.3) is 5.91 Å². The lowest BCUT2D eigenvalue weighted by Gasteiger charge is -2.11. The van der Waals surface area contributed by atoms with Gasteiger partial charge in [0, 0.05) is 17.9 Å². The van der Waals surface area contributed by atoms with E-state index in [1.54, 1.807) is 18.3 Å². The number of carbonyl (C=O) groups is 1. The summed E-state index contributed by atoms with van der Waals surface area (Å²) in [4.78, 5) is 15.8. The zero-order chi connectivity index (χ0) is 10.6. The molecular formula is C11H16N2O. The molecule has 0 bridgehead atoms. The summed E-state index contributed by atoms with van der Waals surface area (Å²) in [5, 5.41) is 2.91. The normalized spacial score (nSPS) is 12.2. The van der Waals surface area contributed by atoms with E-state index >= 15 is 0 Å². The Kier molecular flexibility index (Phi) is 3.63. The maximum Gasteiger partial charge on any atom is 0.253 e. The Morgan fingerprint density at radius 1 is 1.64 bits per heavy atom. The number of aryl methyl sites for hydroxylation is 1. The minimum atomic E-state index is -0.0371. The SMILES string of the molecule is CCC(C)NC(=O)c1cccnc1C. The number of hydrogen-bond acceptors (Lipinski definition) is 2. The molecule has 76 valence electrons. The molecule has 1 aromatic rings. The number of pyridine rings is 1.